The van der Waals surface area contributed by atoms with E-state index in [-0.39, 0.29) is 5.91 Å². The van der Waals surface area contributed by atoms with E-state index in [1.54, 1.807) is 5.38 Å². The van der Waals surface area contributed by atoms with Gasteiger partial charge < -0.3 is 10.2 Å². The quantitative estimate of drug-likeness (QED) is 0.735. The van der Waals surface area contributed by atoms with Crippen molar-refractivity contribution in [2.45, 2.75) is 13.1 Å². The number of rotatable bonds is 6. The second-order valence-electron chi connectivity index (χ2n) is 6.14. The summed E-state index contributed by atoms with van der Waals surface area (Å²) in [7, 11) is 4.09. The van der Waals surface area contributed by atoms with Crippen LogP contribution in [0.15, 0.2) is 60.0 Å². The van der Waals surface area contributed by atoms with Crippen LogP contribution in [-0.2, 0) is 13.1 Å². The zero-order chi connectivity index (χ0) is 17.6. The van der Waals surface area contributed by atoms with Gasteiger partial charge in [0.2, 0.25) is 0 Å². The molecule has 0 spiro atoms. The van der Waals surface area contributed by atoms with Crippen molar-refractivity contribution >= 4 is 17.2 Å². The Morgan fingerprint density at radius 2 is 1.72 bits per heavy atom. The van der Waals surface area contributed by atoms with Gasteiger partial charge in [-0.05, 0) is 25.2 Å². The van der Waals surface area contributed by atoms with Crippen LogP contribution < -0.4 is 5.32 Å². The Bertz CT molecular complexity index is 826. The van der Waals surface area contributed by atoms with Gasteiger partial charge in [0.05, 0.1) is 0 Å². The summed E-state index contributed by atoms with van der Waals surface area (Å²) in [5, 5.41) is 5.60. The lowest BCUT2D eigenvalue weighted by atomic mass is 10.1. The summed E-state index contributed by atoms with van der Waals surface area (Å²) in [6.07, 6.45) is 0. The van der Waals surface area contributed by atoms with E-state index in [1.165, 1.54) is 16.9 Å². The van der Waals surface area contributed by atoms with E-state index in [0.29, 0.717) is 12.2 Å². The molecule has 1 N–H and O–H groups in total. The number of nitrogens with zero attached hydrogens (tertiary/aromatic N) is 2. The first-order valence-corrected chi connectivity index (χ1v) is 9.01. The molecule has 2 aromatic carbocycles. The average molecular weight is 351 g/mol. The summed E-state index contributed by atoms with van der Waals surface area (Å²) in [4.78, 5) is 18.9. The zero-order valence-electron chi connectivity index (χ0n) is 14.4. The molecule has 0 atom stereocenters. The second kappa shape index (κ2) is 8.05. The molecule has 3 aromatic rings. The molecule has 0 saturated heterocycles. The molecule has 128 valence electrons. The minimum Gasteiger partial charge on any atom is -0.347 e. The van der Waals surface area contributed by atoms with Crippen molar-refractivity contribution < 1.29 is 4.79 Å². The zero-order valence-corrected chi connectivity index (χ0v) is 15.2. The number of carbonyl (C=O) groups excluding carboxylic acids is 1. The smallest absolute Gasteiger partial charge is 0.271 e. The summed E-state index contributed by atoms with van der Waals surface area (Å²) in [5.41, 5.74) is 3.83. The largest absolute Gasteiger partial charge is 0.347 e. The molecule has 0 radical (unpaired) electrons. The summed E-state index contributed by atoms with van der Waals surface area (Å²) < 4.78 is 0. The van der Waals surface area contributed by atoms with Gasteiger partial charge in [0.15, 0.2) is 0 Å². The molecule has 5 heteroatoms. The highest BCUT2D eigenvalue weighted by Gasteiger charge is 2.11. The molecule has 1 heterocycles. The van der Waals surface area contributed by atoms with Crippen LogP contribution in [0.3, 0.4) is 0 Å². The molecule has 1 aromatic heterocycles. The minimum absolute atomic E-state index is 0.143. The maximum atomic E-state index is 12.3. The van der Waals surface area contributed by atoms with E-state index >= 15 is 0 Å². The first-order chi connectivity index (χ1) is 12.1. The minimum atomic E-state index is -0.143. The Hall–Kier alpha value is -2.50. The highest BCUT2D eigenvalue weighted by molar-refractivity contribution is 7.13. The second-order valence-corrected chi connectivity index (χ2v) is 7.00. The Morgan fingerprint density at radius 1 is 1.04 bits per heavy atom. The van der Waals surface area contributed by atoms with Crippen molar-refractivity contribution in [3.63, 3.8) is 0 Å². The van der Waals surface area contributed by atoms with Crippen LogP contribution in [0.2, 0.25) is 0 Å². The predicted octanol–water partition coefficient (Wildman–Crippen LogP) is 3.80. The van der Waals surface area contributed by atoms with E-state index < -0.39 is 0 Å². The number of amides is 1. The molecule has 0 aliphatic heterocycles. The number of hydrogen-bond acceptors (Lipinski definition) is 4. The lowest BCUT2D eigenvalue weighted by molar-refractivity contribution is 0.0946. The normalized spacial score (nSPS) is 10.8. The van der Waals surface area contributed by atoms with Crippen LogP contribution in [0.4, 0.5) is 0 Å². The Labute approximate surface area is 152 Å². The van der Waals surface area contributed by atoms with Gasteiger partial charge in [-0.15, -0.1) is 11.3 Å². The maximum Gasteiger partial charge on any atom is 0.271 e. The monoisotopic (exact) mass is 351 g/mol. The molecule has 1 amide bonds. The fraction of sp³-hybridized carbons (Fsp3) is 0.200. The first kappa shape index (κ1) is 17.3. The van der Waals surface area contributed by atoms with Crippen molar-refractivity contribution in [2.24, 2.45) is 0 Å². The number of nitrogens with one attached hydrogen (secondary N) is 1. The van der Waals surface area contributed by atoms with Crippen molar-refractivity contribution in [2.75, 3.05) is 14.1 Å². The average Bonchev–Trinajstić information content (AvgIpc) is 3.11. The lowest BCUT2D eigenvalue weighted by Crippen LogP contribution is -2.23. The van der Waals surface area contributed by atoms with Gasteiger partial charge in [0.25, 0.3) is 5.91 Å². The molecule has 0 aliphatic rings. The predicted molar refractivity (Wildman–Crippen MR) is 103 cm³/mol. The molecule has 0 fully saturated rings. The van der Waals surface area contributed by atoms with Crippen LogP contribution in [0, 0.1) is 0 Å². The van der Waals surface area contributed by atoms with E-state index in [9.17, 15) is 4.79 Å². The SMILES string of the molecule is CN(C)Cc1ccc(CNC(=O)c2csc(-c3ccccc3)n2)cc1. The third-order valence-corrected chi connectivity index (χ3v) is 4.62. The Morgan fingerprint density at radius 3 is 2.40 bits per heavy atom. The standard InChI is InChI=1S/C20H21N3OS/c1-23(2)13-16-10-8-15(9-11-16)12-21-19(24)18-14-25-20(22-18)17-6-4-3-5-7-17/h3-11,14H,12-13H2,1-2H3,(H,21,24). The third kappa shape index (κ3) is 4.75. The van der Waals surface area contributed by atoms with E-state index in [2.05, 4.69) is 39.5 Å². The highest BCUT2D eigenvalue weighted by atomic mass is 32.1. The van der Waals surface area contributed by atoms with E-state index in [4.69, 9.17) is 0 Å². The van der Waals surface area contributed by atoms with Crippen LogP contribution in [0.1, 0.15) is 21.6 Å². The van der Waals surface area contributed by atoms with E-state index in [1.807, 2.05) is 44.4 Å². The molecule has 0 saturated carbocycles. The summed E-state index contributed by atoms with van der Waals surface area (Å²) in [6.45, 7) is 1.41. The van der Waals surface area contributed by atoms with Crippen LogP contribution >= 0.6 is 11.3 Å². The van der Waals surface area contributed by atoms with Gasteiger partial charge in [0.1, 0.15) is 10.7 Å². The highest BCUT2D eigenvalue weighted by Crippen LogP contribution is 2.23. The van der Waals surface area contributed by atoms with Crippen molar-refractivity contribution in [3.05, 3.63) is 76.8 Å². The van der Waals surface area contributed by atoms with Gasteiger partial charge >= 0.3 is 0 Å². The summed E-state index contributed by atoms with van der Waals surface area (Å²) in [6, 6.07) is 18.2. The molecule has 3 rings (SSSR count). The van der Waals surface area contributed by atoms with Crippen molar-refractivity contribution in [1.29, 1.82) is 0 Å². The Balaban J connectivity index is 1.59. The molecular weight excluding hydrogens is 330 g/mol. The molecule has 0 unspecified atom stereocenters. The number of carbonyl (C=O) groups is 1. The maximum absolute atomic E-state index is 12.3. The third-order valence-electron chi connectivity index (χ3n) is 3.73. The first-order valence-electron chi connectivity index (χ1n) is 8.13. The summed E-state index contributed by atoms with van der Waals surface area (Å²) >= 11 is 1.48. The van der Waals surface area contributed by atoms with Gasteiger partial charge in [-0.1, -0.05) is 54.6 Å². The van der Waals surface area contributed by atoms with Gasteiger partial charge in [0, 0.05) is 24.0 Å². The number of benzene rings is 2. The number of thiazole rings is 1. The van der Waals surface area contributed by atoms with Gasteiger partial charge in [-0.2, -0.15) is 0 Å². The van der Waals surface area contributed by atoms with Crippen LogP contribution in [-0.4, -0.2) is 29.9 Å². The molecular formula is C20H21N3OS. The van der Waals surface area contributed by atoms with Crippen molar-refractivity contribution in [3.8, 4) is 10.6 Å². The van der Waals surface area contributed by atoms with Crippen molar-refractivity contribution in [1.82, 2.24) is 15.2 Å². The molecule has 25 heavy (non-hydrogen) atoms. The Kier molecular flexibility index (Phi) is 5.58. The fourth-order valence-electron chi connectivity index (χ4n) is 2.49. The number of aromatic nitrogens is 1. The van der Waals surface area contributed by atoms with Gasteiger partial charge in [-0.25, -0.2) is 4.98 Å². The topological polar surface area (TPSA) is 45.2 Å². The summed E-state index contributed by atoms with van der Waals surface area (Å²) in [5.74, 6) is -0.143. The molecule has 4 nitrogen and oxygen atoms in total. The van der Waals surface area contributed by atoms with Gasteiger partial charge in [-0.3, -0.25) is 4.79 Å². The molecule has 0 bridgehead atoms. The van der Waals surface area contributed by atoms with E-state index in [0.717, 1.165) is 22.7 Å². The van der Waals surface area contributed by atoms with Crippen LogP contribution in [0.5, 0.6) is 0 Å². The number of hydrogen-bond donors (Lipinski definition) is 1. The lowest BCUT2D eigenvalue weighted by Gasteiger charge is -2.10. The fourth-order valence-corrected chi connectivity index (χ4v) is 3.30. The molecule has 0 aliphatic carbocycles. The van der Waals surface area contributed by atoms with Crippen LogP contribution in [0.25, 0.3) is 10.6 Å².